The number of hydrogen-bond donors (Lipinski definition) is 0. The molecular formula is C23H23NO. The number of aromatic nitrogens is 1. The SMILES string of the molecule is CCc1c2c3c(ccc(C4CC4)c3c(=O)n1-c1ccccc1)CCC2. The van der Waals surface area contributed by atoms with E-state index in [0.717, 1.165) is 30.3 Å². The Kier molecular flexibility index (Phi) is 3.34. The Hall–Kier alpha value is -2.35. The maximum absolute atomic E-state index is 13.7. The zero-order chi connectivity index (χ0) is 17.0. The van der Waals surface area contributed by atoms with Crippen LogP contribution in [0.5, 0.6) is 0 Å². The molecule has 0 saturated heterocycles. The first-order chi connectivity index (χ1) is 12.3. The molecule has 0 bridgehead atoms. The molecule has 0 aliphatic heterocycles. The average Bonchev–Trinajstić information content (AvgIpc) is 3.49. The van der Waals surface area contributed by atoms with E-state index in [1.165, 1.54) is 47.0 Å². The highest BCUT2D eigenvalue weighted by Gasteiger charge is 2.30. The maximum atomic E-state index is 13.7. The van der Waals surface area contributed by atoms with Gasteiger partial charge in [-0.2, -0.15) is 0 Å². The van der Waals surface area contributed by atoms with Crippen LogP contribution in [-0.2, 0) is 19.3 Å². The molecular weight excluding hydrogens is 306 g/mol. The fraction of sp³-hybridized carbons (Fsp3) is 0.348. The second-order valence-electron chi connectivity index (χ2n) is 7.45. The van der Waals surface area contributed by atoms with Gasteiger partial charge in [0, 0.05) is 11.4 Å². The Balaban J connectivity index is 1.97. The molecule has 25 heavy (non-hydrogen) atoms. The van der Waals surface area contributed by atoms with Crippen molar-refractivity contribution in [1.82, 2.24) is 4.57 Å². The van der Waals surface area contributed by atoms with E-state index >= 15 is 0 Å². The third kappa shape index (κ3) is 2.20. The van der Waals surface area contributed by atoms with E-state index in [-0.39, 0.29) is 5.56 Å². The van der Waals surface area contributed by atoms with Crippen molar-refractivity contribution < 1.29 is 0 Å². The van der Waals surface area contributed by atoms with Crippen LogP contribution in [0, 0.1) is 0 Å². The first-order valence-corrected chi connectivity index (χ1v) is 9.57. The Bertz CT molecular complexity index is 1030. The number of aryl methyl sites for hydroxylation is 2. The largest absolute Gasteiger partial charge is 0.280 e. The van der Waals surface area contributed by atoms with Gasteiger partial charge in [-0.05, 0) is 78.7 Å². The smallest absolute Gasteiger partial charge is 0.263 e. The Labute approximate surface area is 148 Å². The summed E-state index contributed by atoms with van der Waals surface area (Å²) in [5, 5.41) is 2.31. The summed E-state index contributed by atoms with van der Waals surface area (Å²) >= 11 is 0. The third-order valence-electron chi connectivity index (χ3n) is 5.90. The van der Waals surface area contributed by atoms with Gasteiger partial charge in [-0.25, -0.2) is 0 Å². The lowest BCUT2D eigenvalue weighted by molar-refractivity contribution is 0.766. The molecule has 2 heteroatoms. The highest BCUT2D eigenvalue weighted by Crippen LogP contribution is 2.44. The van der Waals surface area contributed by atoms with E-state index in [2.05, 4.69) is 31.2 Å². The van der Waals surface area contributed by atoms with Gasteiger partial charge in [0.1, 0.15) is 0 Å². The summed E-state index contributed by atoms with van der Waals surface area (Å²) in [6.45, 7) is 2.18. The highest BCUT2D eigenvalue weighted by molar-refractivity contribution is 5.93. The number of nitrogens with zero attached hydrogens (tertiary/aromatic N) is 1. The van der Waals surface area contributed by atoms with Gasteiger partial charge in [0.05, 0.1) is 5.39 Å². The van der Waals surface area contributed by atoms with Gasteiger partial charge in [0.2, 0.25) is 0 Å². The molecule has 0 radical (unpaired) electrons. The molecule has 1 fully saturated rings. The van der Waals surface area contributed by atoms with Gasteiger partial charge >= 0.3 is 0 Å². The Morgan fingerprint density at radius 3 is 2.52 bits per heavy atom. The molecule has 1 saturated carbocycles. The van der Waals surface area contributed by atoms with Gasteiger partial charge in [-0.3, -0.25) is 9.36 Å². The molecule has 0 atom stereocenters. The number of pyridine rings is 1. The molecule has 126 valence electrons. The molecule has 0 spiro atoms. The van der Waals surface area contributed by atoms with Crippen LogP contribution in [0.4, 0.5) is 0 Å². The lowest BCUT2D eigenvalue weighted by Crippen LogP contribution is -2.26. The molecule has 2 nitrogen and oxygen atoms in total. The van der Waals surface area contributed by atoms with Crippen molar-refractivity contribution in [3.63, 3.8) is 0 Å². The van der Waals surface area contributed by atoms with Crippen LogP contribution in [0.3, 0.4) is 0 Å². The van der Waals surface area contributed by atoms with Gasteiger partial charge in [0.15, 0.2) is 0 Å². The van der Waals surface area contributed by atoms with Crippen LogP contribution >= 0.6 is 0 Å². The van der Waals surface area contributed by atoms with Crippen molar-refractivity contribution in [2.45, 2.75) is 51.4 Å². The number of para-hydroxylation sites is 1. The molecule has 1 heterocycles. The van der Waals surface area contributed by atoms with Crippen molar-refractivity contribution in [3.8, 4) is 5.69 Å². The minimum Gasteiger partial charge on any atom is -0.280 e. The van der Waals surface area contributed by atoms with Crippen molar-refractivity contribution in [1.29, 1.82) is 0 Å². The van der Waals surface area contributed by atoms with Crippen molar-refractivity contribution in [2.75, 3.05) is 0 Å². The second kappa shape index (κ2) is 5.59. The third-order valence-corrected chi connectivity index (χ3v) is 5.90. The van der Waals surface area contributed by atoms with Crippen LogP contribution in [0.25, 0.3) is 16.5 Å². The van der Waals surface area contributed by atoms with E-state index < -0.39 is 0 Å². The fourth-order valence-electron chi connectivity index (χ4n) is 4.64. The molecule has 0 unspecified atom stereocenters. The Morgan fingerprint density at radius 2 is 1.80 bits per heavy atom. The predicted octanol–water partition coefficient (Wildman–Crippen LogP) is 4.92. The van der Waals surface area contributed by atoms with Crippen LogP contribution in [-0.4, -0.2) is 4.57 Å². The lowest BCUT2D eigenvalue weighted by Gasteiger charge is -2.25. The van der Waals surface area contributed by atoms with Crippen molar-refractivity contribution >= 4 is 10.8 Å². The molecule has 5 rings (SSSR count). The van der Waals surface area contributed by atoms with Gasteiger partial charge in [0.25, 0.3) is 5.56 Å². The molecule has 3 aromatic rings. The van der Waals surface area contributed by atoms with E-state index in [9.17, 15) is 4.79 Å². The summed E-state index contributed by atoms with van der Waals surface area (Å²) in [7, 11) is 0. The molecule has 1 aromatic heterocycles. The fourth-order valence-corrected chi connectivity index (χ4v) is 4.64. The van der Waals surface area contributed by atoms with Crippen LogP contribution in [0.15, 0.2) is 47.3 Å². The van der Waals surface area contributed by atoms with Gasteiger partial charge in [-0.15, -0.1) is 0 Å². The summed E-state index contributed by atoms with van der Waals surface area (Å²) in [5.74, 6) is 0.591. The second-order valence-corrected chi connectivity index (χ2v) is 7.45. The zero-order valence-corrected chi connectivity index (χ0v) is 14.7. The quantitative estimate of drug-likeness (QED) is 0.668. The van der Waals surface area contributed by atoms with E-state index in [1.54, 1.807) is 0 Å². The topological polar surface area (TPSA) is 22.0 Å². The van der Waals surface area contributed by atoms with Crippen LogP contribution in [0.2, 0.25) is 0 Å². The summed E-state index contributed by atoms with van der Waals surface area (Å²) in [6, 6.07) is 14.7. The average molecular weight is 329 g/mol. The summed E-state index contributed by atoms with van der Waals surface area (Å²) in [5.41, 5.74) is 6.49. The molecule has 0 amide bonds. The van der Waals surface area contributed by atoms with E-state index in [4.69, 9.17) is 0 Å². The standard InChI is InChI=1S/C23H23NO/c1-2-20-19-10-6-7-16-13-14-18(15-11-12-15)22(21(16)19)23(25)24(20)17-8-4-3-5-9-17/h3-5,8-9,13-15H,2,6-7,10-12H2,1H3. The number of benzene rings is 2. The normalized spacial score (nSPS) is 16.4. The monoisotopic (exact) mass is 329 g/mol. The predicted molar refractivity (Wildman–Crippen MR) is 103 cm³/mol. The summed E-state index contributed by atoms with van der Waals surface area (Å²) in [6.07, 6.45) is 6.72. The van der Waals surface area contributed by atoms with E-state index in [1.807, 2.05) is 22.8 Å². The first-order valence-electron chi connectivity index (χ1n) is 9.57. The van der Waals surface area contributed by atoms with Gasteiger partial charge in [-0.1, -0.05) is 37.3 Å². The molecule has 0 N–H and O–H groups in total. The van der Waals surface area contributed by atoms with E-state index in [0.29, 0.717) is 5.92 Å². The summed E-state index contributed by atoms with van der Waals surface area (Å²) in [4.78, 5) is 13.7. The molecule has 2 aromatic carbocycles. The number of hydrogen-bond acceptors (Lipinski definition) is 1. The minimum absolute atomic E-state index is 0.187. The highest BCUT2D eigenvalue weighted by atomic mass is 16.1. The first kappa shape index (κ1) is 14.9. The van der Waals surface area contributed by atoms with Crippen LogP contribution < -0.4 is 5.56 Å². The van der Waals surface area contributed by atoms with Gasteiger partial charge < -0.3 is 0 Å². The maximum Gasteiger partial charge on any atom is 0.263 e. The zero-order valence-electron chi connectivity index (χ0n) is 14.7. The number of rotatable bonds is 3. The lowest BCUT2D eigenvalue weighted by atomic mass is 9.85. The minimum atomic E-state index is 0.187. The van der Waals surface area contributed by atoms with Crippen LogP contribution in [0.1, 0.15) is 54.5 Å². The summed E-state index contributed by atoms with van der Waals surface area (Å²) < 4.78 is 2.00. The van der Waals surface area contributed by atoms with Crippen molar-refractivity contribution in [2.24, 2.45) is 0 Å². The van der Waals surface area contributed by atoms with Crippen molar-refractivity contribution in [3.05, 3.63) is 75.2 Å². The molecule has 2 aliphatic rings. The Morgan fingerprint density at radius 1 is 1.00 bits per heavy atom. The molecule has 2 aliphatic carbocycles.